The monoisotopic (exact) mass is 383 g/mol. The van der Waals surface area contributed by atoms with Crippen LogP contribution in [-0.2, 0) is 12.8 Å². The number of likely N-dealkylation sites (tertiary alicyclic amines) is 1. The molecule has 1 aromatic carbocycles. The fourth-order valence-corrected chi connectivity index (χ4v) is 3.58. The van der Waals surface area contributed by atoms with Gasteiger partial charge in [0.05, 0.1) is 0 Å². The fourth-order valence-electron chi connectivity index (χ4n) is 3.58. The average Bonchev–Trinajstić information content (AvgIpc) is 3.35. The summed E-state index contributed by atoms with van der Waals surface area (Å²) in [4.78, 5) is 11.7. The highest BCUT2D eigenvalue weighted by atomic mass is 16.5. The van der Waals surface area contributed by atoms with E-state index < -0.39 is 0 Å². The second-order valence-corrected chi connectivity index (χ2v) is 7.83. The highest BCUT2D eigenvalue weighted by Gasteiger charge is 2.24. The van der Waals surface area contributed by atoms with Crippen molar-refractivity contribution in [1.82, 2.24) is 20.4 Å². The minimum absolute atomic E-state index is 0.301. The predicted molar refractivity (Wildman–Crippen MR) is 113 cm³/mol. The Hall–Kier alpha value is -2.37. The molecule has 0 spiro atoms. The molecular formula is C22H33N5O. The molecule has 28 heavy (non-hydrogen) atoms. The second-order valence-electron chi connectivity index (χ2n) is 7.83. The first-order chi connectivity index (χ1) is 13.7. The van der Waals surface area contributed by atoms with Crippen LogP contribution < -0.4 is 5.32 Å². The van der Waals surface area contributed by atoms with Crippen LogP contribution in [0, 0.1) is 5.92 Å². The van der Waals surface area contributed by atoms with Crippen molar-refractivity contribution in [3.8, 4) is 0 Å². The molecule has 2 aromatic rings. The van der Waals surface area contributed by atoms with E-state index in [9.17, 15) is 0 Å². The van der Waals surface area contributed by atoms with Gasteiger partial charge in [0, 0.05) is 38.5 Å². The summed E-state index contributed by atoms with van der Waals surface area (Å²) >= 11 is 0. The zero-order chi connectivity index (χ0) is 19.8. The molecule has 1 saturated heterocycles. The summed E-state index contributed by atoms with van der Waals surface area (Å²) < 4.78 is 5.32. The van der Waals surface area contributed by atoms with Crippen molar-refractivity contribution in [2.45, 2.75) is 52.4 Å². The molecule has 1 aromatic heterocycles. The van der Waals surface area contributed by atoms with E-state index in [1.54, 1.807) is 0 Å². The van der Waals surface area contributed by atoms with Crippen LogP contribution >= 0.6 is 0 Å². The van der Waals surface area contributed by atoms with Crippen LogP contribution in [0.3, 0.4) is 0 Å². The van der Waals surface area contributed by atoms with Crippen molar-refractivity contribution >= 4 is 5.96 Å². The standard InChI is InChI=1S/C22H33N5O/c1-4-23-22(24-13-8-11-20-25-21(17(2)3)26-28-20)27-14-12-19(16-27)15-18-9-6-5-7-10-18/h5-7,9-10,17,19H,4,8,11-16H2,1-3H3,(H,23,24). The molecule has 0 amide bonds. The van der Waals surface area contributed by atoms with Gasteiger partial charge in [-0.15, -0.1) is 0 Å². The highest BCUT2D eigenvalue weighted by Crippen LogP contribution is 2.21. The third-order valence-corrected chi connectivity index (χ3v) is 5.10. The predicted octanol–water partition coefficient (Wildman–Crippen LogP) is 3.66. The second kappa shape index (κ2) is 10.2. The van der Waals surface area contributed by atoms with E-state index in [0.29, 0.717) is 17.7 Å². The normalized spacial score (nSPS) is 17.5. The summed E-state index contributed by atoms with van der Waals surface area (Å²) in [7, 11) is 0. The van der Waals surface area contributed by atoms with Gasteiger partial charge in [-0.25, -0.2) is 0 Å². The van der Waals surface area contributed by atoms with Crippen molar-refractivity contribution in [3.63, 3.8) is 0 Å². The van der Waals surface area contributed by atoms with E-state index >= 15 is 0 Å². The Morgan fingerprint density at radius 1 is 1.32 bits per heavy atom. The lowest BCUT2D eigenvalue weighted by Gasteiger charge is -2.21. The zero-order valence-electron chi connectivity index (χ0n) is 17.4. The summed E-state index contributed by atoms with van der Waals surface area (Å²) in [6.45, 7) is 10.1. The Kier molecular flexibility index (Phi) is 7.46. The molecule has 0 aliphatic carbocycles. The first-order valence-corrected chi connectivity index (χ1v) is 10.5. The summed E-state index contributed by atoms with van der Waals surface area (Å²) in [6, 6.07) is 10.8. The molecule has 1 fully saturated rings. The molecular weight excluding hydrogens is 350 g/mol. The zero-order valence-corrected chi connectivity index (χ0v) is 17.4. The van der Waals surface area contributed by atoms with Crippen molar-refractivity contribution in [3.05, 3.63) is 47.6 Å². The van der Waals surface area contributed by atoms with E-state index in [1.807, 2.05) is 0 Å². The fraction of sp³-hybridized carbons (Fsp3) is 0.591. The average molecular weight is 384 g/mol. The molecule has 152 valence electrons. The topological polar surface area (TPSA) is 66.5 Å². The summed E-state index contributed by atoms with van der Waals surface area (Å²) in [5.74, 6) is 3.53. The molecule has 0 bridgehead atoms. The van der Waals surface area contributed by atoms with Crippen molar-refractivity contribution in [2.75, 3.05) is 26.2 Å². The van der Waals surface area contributed by atoms with Crippen LogP contribution in [-0.4, -0.2) is 47.2 Å². The number of rotatable bonds is 8. The van der Waals surface area contributed by atoms with E-state index in [2.05, 4.69) is 71.5 Å². The SMILES string of the molecule is CCNC(=NCCCc1nc(C(C)C)no1)N1CCC(Cc2ccccc2)C1. The molecule has 3 rings (SSSR count). The Balaban J connectivity index is 1.48. The minimum Gasteiger partial charge on any atom is -0.357 e. The Labute approximate surface area is 168 Å². The van der Waals surface area contributed by atoms with Crippen molar-refractivity contribution < 1.29 is 4.52 Å². The number of nitrogens with one attached hydrogen (secondary N) is 1. The van der Waals surface area contributed by atoms with Gasteiger partial charge in [0.15, 0.2) is 11.8 Å². The maximum absolute atomic E-state index is 5.32. The van der Waals surface area contributed by atoms with Gasteiger partial charge in [-0.3, -0.25) is 4.99 Å². The lowest BCUT2D eigenvalue weighted by atomic mass is 9.99. The van der Waals surface area contributed by atoms with Crippen LogP contribution in [0.1, 0.15) is 56.8 Å². The van der Waals surface area contributed by atoms with Crippen LogP contribution in [0.15, 0.2) is 39.8 Å². The molecule has 1 N–H and O–H groups in total. The molecule has 1 aliphatic rings. The number of hydrogen-bond acceptors (Lipinski definition) is 4. The number of nitrogens with zero attached hydrogens (tertiary/aromatic N) is 4. The molecule has 1 unspecified atom stereocenters. The third-order valence-electron chi connectivity index (χ3n) is 5.10. The lowest BCUT2D eigenvalue weighted by molar-refractivity contribution is 0.369. The Morgan fingerprint density at radius 2 is 2.14 bits per heavy atom. The van der Waals surface area contributed by atoms with Crippen molar-refractivity contribution in [2.24, 2.45) is 10.9 Å². The van der Waals surface area contributed by atoms with Gasteiger partial charge in [-0.05, 0) is 37.7 Å². The van der Waals surface area contributed by atoms with E-state index in [-0.39, 0.29) is 0 Å². The van der Waals surface area contributed by atoms with Gasteiger partial charge in [0.25, 0.3) is 0 Å². The summed E-state index contributed by atoms with van der Waals surface area (Å²) in [6.07, 6.45) is 4.06. The summed E-state index contributed by atoms with van der Waals surface area (Å²) in [5, 5.41) is 7.47. The number of aryl methyl sites for hydroxylation is 1. The van der Waals surface area contributed by atoms with Gasteiger partial charge in [-0.2, -0.15) is 4.98 Å². The van der Waals surface area contributed by atoms with Crippen LogP contribution in [0.4, 0.5) is 0 Å². The van der Waals surface area contributed by atoms with Gasteiger partial charge in [-0.1, -0.05) is 49.3 Å². The number of aromatic nitrogens is 2. The number of aliphatic imine (C=N–C) groups is 1. The Bertz CT molecular complexity index is 740. The molecule has 1 atom stereocenters. The van der Waals surface area contributed by atoms with Gasteiger partial charge in [0.1, 0.15) is 0 Å². The van der Waals surface area contributed by atoms with Gasteiger partial charge >= 0.3 is 0 Å². The Morgan fingerprint density at radius 3 is 2.86 bits per heavy atom. The lowest BCUT2D eigenvalue weighted by Crippen LogP contribution is -2.40. The number of guanidine groups is 1. The van der Waals surface area contributed by atoms with Crippen LogP contribution in [0.2, 0.25) is 0 Å². The maximum Gasteiger partial charge on any atom is 0.226 e. The largest absolute Gasteiger partial charge is 0.357 e. The molecule has 2 heterocycles. The van der Waals surface area contributed by atoms with Crippen LogP contribution in [0.5, 0.6) is 0 Å². The van der Waals surface area contributed by atoms with Crippen molar-refractivity contribution in [1.29, 1.82) is 0 Å². The van der Waals surface area contributed by atoms with Gasteiger partial charge < -0.3 is 14.7 Å². The first-order valence-electron chi connectivity index (χ1n) is 10.5. The maximum atomic E-state index is 5.32. The number of benzene rings is 1. The number of hydrogen-bond donors (Lipinski definition) is 1. The third kappa shape index (κ3) is 5.81. The quantitative estimate of drug-likeness (QED) is 0.428. The van der Waals surface area contributed by atoms with E-state index in [0.717, 1.165) is 57.2 Å². The molecule has 0 saturated carbocycles. The van der Waals surface area contributed by atoms with Gasteiger partial charge in [0.2, 0.25) is 5.89 Å². The van der Waals surface area contributed by atoms with E-state index in [4.69, 9.17) is 9.52 Å². The molecule has 0 radical (unpaired) electrons. The van der Waals surface area contributed by atoms with E-state index in [1.165, 1.54) is 12.0 Å². The molecule has 6 heteroatoms. The summed E-state index contributed by atoms with van der Waals surface area (Å²) in [5.41, 5.74) is 1.43. The minimum atomic E-state index is 0.301. The molecule has 1 aliphatic heterocycles. The smallest absolute Gasteiger partial charge is 0.226 e. The van der Waals surface area contributed by atoms with Crippen LogP contribution in [0.25, 0.3) is 0 Å². The first kappa shape index (κ1) is 20.4. The highest BCUT2D eigenvalue weighted by molar-refractivity contribution is 5.80. The molecule has 6 nitrogen and oxygen atoms in total.